The highest BCUT2D eigenvalue weighted by molar-refractivity contribution is 5.67. The summed E-state index contributed by atoms with van der Waals surface area (Å²) in [5.41, 5.74) is -3.35. The van der Waals surface area contributed by atoms with Gasteiger partial charge in [0.05, 0.1) is 18.2 Å². The summed E-state index contributed by atoms with van der Waals surface area (Å²) < 4.78 is 76.5. The molecule has 0 aliphatic carbocycles. The van der Waals surface area contributed by atoms with E-state index in [0.29, 0.717) is 6.07 Å². The van der Waals surface area contributed by atoms with Crippen molar-refractivity contribution in [2.75, 3.05) is 0 Å². The molecule has 2 aromatic heterocycles. The zero-order valence-corrected chi connectivity index (χ0v) is 18.2. The first kappa shape index (κ1) is 24.4. The summed E-state index contributed by atoms with van der Waals surface area (Å²) in [5, 5.41) is 14.8. The van der Waals surface area contributed by atoms with E-state index in [9.17, 15) is 31.5 Å². The van der Waals surface area contributed by atoms with Gasteiger partial charge in [-0.15, -0.1) is 0 Å². The molecule has 0 saturated heterocycles. The Morgan fingerprint density at radius 1 is 1.11 bits per heavy atom. The Kier molecular flexibility index (Phi) is 6.19. The van der Waals surface area contributed by atoms with Crippen molar-refractivity contribution < 1.29 is 26.7 Å². The van der Waals surface area contributed by atoms with E-state index in [1.54, 1.807) is 6.07 Å². The summed E-state index contributed by atoms with van der Waals surface area (Å²) in [6.07, 6.45) is -4.10. The molecule has 1 N–H and O–H groups in total. The van der Waals surface area contributed by atoms with Gasteiger partial charge in [0.2, 0.25) is 5.75 Å². The van der Waals surface area contributed by atoms with Crippen molar-refractivity contribution in [3.63, 3.8) is 0 Å². The molecule has 0 aliphatic heterocycles. The van der Waals surface area contributed by atoms with E-state index in [2.05, 4.69) is 10.2 Å². The number of hydrogen-bond acceptors (Lipinski definition) is 5. The summed E-state index contributed by atoms with van der Waals surface area (Å²) in [4.78, 5) is 24.4. The van der Waals surface area contributed by atoms with Crippen LogP contribution in [0.3, 0.4) is 0 Å². The van der Waals surface area contributed by atoms with Gasteiger partial charge >= 0.3 is 11.9 Å². The molecule has 0 saturated carbocycles. The lowest BCUT2D eigenvalue weighted by atomic mass is 10.0. The van der Waals surface area contributed by atoms with Gasteiger partial charge in [0.1, 0.15) is 22.9 Å². The third kappa shape index (κ3) is 4.74. The number of aromatic nitrogens is 4. The van der Waals surface area contributed by atoms with Crippen molar-refractivity contribution in [3.05, 3.63) is 98.1 Å². The summed E-state index contributed by atoms with van der Waals surface area (Å²) in [6.45, 7) is -0.351. The lowest BCUT2D eigenvalue weighted by molar-refractivity contribution is -0.138. The molecular weight excluding hydrogens is 489 g/mol. The van der Waals surface area contributed by atoms with Gasteiger partial charge in [-0.1, -0.05) is 0 Å². The number of halogens is 5. The second kappa shape index (κ2) is 9.14. The summed E-state index contributed by atoms with van der Waals surface area (Å²) in [5.74, 6) is -3.25. The highest BCUT2D eigenvalue weighted by Gasteiger charge is 2.36. The Morgan fingerprint density at radius 2 is 1.86 bits per heavy atom. The normalized spacial score (nSPS) is 11.4. The number of aromatic amines is 1. The van der Waals surface area contributed by atoms with Crippen molar-refractivity contribution in [1.82, 2.24) is 19.3 Å². The molecule has 0 radical (unpaired) electrons. The number of nitrogens with one attached hydrogen (secondary N) is 1. The molecule has 0 aliphatic rings. The van der Waals surface area contributed by atoms with Crippen molar-refractivity contribution in [2.24, 2.45) is 7.05 Å². The first-order valence-corrected chi connectivity index (χ1v) is 10.1. The first-order chi connectivity index (χ1) is 17.0. The van der Waals surface area contributed by atoms with Crippen LogP contribution in [0.1, 0.15) is 17.0 Å². The molecule has 0 unspecified atom stereocenters. The molecule has 0 fully saturated rings. The fraction of sp³-hybridized carbons (Fsp3) is 0.130. The van der Waals surface area contributed by atoms with Gasteiger partial charge in [0, 0.05) is 24.9 Å². The Balaban J connectivity index is 1.74. The van der Waals surface area contributed by atoms with E-state index in [0.717, 1.165) is 45.7 Å². The second-order valence-electron chi connectivity index (χ2n) is 7.58. The molecule has 2 heterocycles. The van der Waals surface area contributed by atoms with Crippen LogP contribution in [0.5, 0.6) is 11.5 Å². The third-order valence-electron chi connectivity index (χ3n) is 5.21. The zero-order chi connectivity index (χ0) is 26.2. The van der Waals surface area contributed by atoms with Gasteiger partial charge in [0.15, 0.2) is 5.82 Å². The maximum atomic E-state index is 14.8. The Morgan fingerprint density at radius 3 is 2.47 bits per heavy atom. The molecule has 36 heavy (non-hydrogen) atoms. The lowest BCUT2D eigenvalue weighted by Crippen LogP contribution is -2.26. The molecular formula is C23H14F5N5O3. The van der Waals surface area contributed by atoms with E-state index < -0.39 is 46.1 Å². The Labute approximate surface area is 198 Å². The maximum absolute atomic E-state index is 14.8. The molecule has 0 spiro atoms. The highest BCUT2D eigenvalue weighted by atomic mass is 19.4. The molecule has 4 rings (SSSR count). The van der Waals surface area contributed by atoms with Crippen molar-refractivity contribution >= 4 is 0 Å². The van der Waals surface area contributed by atoms with E-state index >= 15 is 0 Å². The van der Waals surface area contributed by atoms with Crippen LogP contribution in [0.15, 0.2) is 58.3 Å². The molecule has 4 aromatic rings. The van der Waals surface area contributed by atoms with Gasteiger partial charge in [-0.2, -0.15) is 23.5 Å². The van der Waals surface area contributed by atoms with Gasteiger partial charge in [-0.05, 0) is 42.0 Å². The molecule has 0 bridgehead atoms. The summed E-state index contributed by atoms with van der Waals surface area (Å²) in [6, 6.07) is 8.49. The average Bonchev–Trinajstić information content (AvgIpc) is 3.12. The smallest absolute Gasteiger partial charge is 0.420 e. The van der Waals surface area contributed by atoms with Crippen molar-refractivity contribution in [1.29, 1.82) is 5.26 Å². The first-order valence-electron chi connectivity index (χ1n) is 10.1. The van der Waals surface area contributed by atoms with Crippen LogP contribution in [0.25, 0.3) is 11.1 Å². The van der Waals surface area contributed by atoms with E-state index in [4.69, 9.17) is 10.00 Å². The van der Waals surface area contributed by atoms with Crippen LogP contribution < -0.4 is 16.0 Å². The number of H-pyrrole nitrogens is 1. The van der Waals surface area contributed by atoms with Crippen LogP contribution in [-0.2, 0) is 19.8 Å². The summed E-state index contributed by atoms with van der Waals surface area (Å²) in [7, 11) is 1.36. The van der Waals surface area contributed by atoms with Crippen molar-refractivity contribution in [3.8, 4) is 28.7 Å². The number of hydrogen-bond donors (Lipinski definition) is 1. The van der Waals surface area contributed by atoms with Gasteiger partial charge < -0.3 is 9.30 Å². The third-order valence-corrected chi connectivity index (χ3v) is 5.21. The Hall–Kier alpha value is -4.73. The fourth-order valence-corrected chi connectivity index (χ4v) is 3.39. The average molecular weight is 503 g/mol. The van der Waals surface area contributed by atoms with Gasteiger partial charge in [-0.3, -0.25) is 9.36 Å². The van der Waals surface area contributed by atoms with Crippen LogP contribution in [0.4, 0.5) is 22.0 Å². The monoisotopic (exact) mass is 503 g/mol. The molecule has 0 amide bonds. The fourth-order valence-electron chi connectivity index (χ4n) is 3.39. The minimum absolute atomic E-state index is 0.0262. The van der Waals surface area contributed by atoms with Gasteiger partial charge in [0.25, 0.3) is 5.56 Å². The van der Waals surface area contributed by atoms with Crippen LogP contribution in [0.2, 0.25) is 0 Å². The van der Waals surface area contributed by atoms with Crippen LogP contribution in [-0.4, -0.2) is 19.3 Å². The minimum Gasteiger partial charge on any atom is -0.451 e. The van der Waals surface area contributed by atoms with E-state index in [1.165, 1.54) is 13.1 Å². The number of nitriles is 1. The summed E-state index contributed by atoms with van der Waals surface area (Å²) >= 11 is 0. The predicted octanol–water partition coefficient (Wildman–Crippen LogP) is 3.95. The number of alkyl halides is 3. The standard InChI is InChI=1S/C23H14F5N5O3/c1-32-19(30-31-22(32)35)11-33-5-4-17(23(26,27)28)20(21(33)34)36-15-2-3-16(18(25)9-15)13-6-12(10-29)7-14(24)8-13/h2-9H,11H2,1H3,(H,31,35). The van der Waals surface area contributed by atoms with Gasteiger partial charge in [-0.25, -0.2) is 18.7 Å². The number of rotatable bonds is 5. The van der Waals surface area contributed by atoms with E-state index in [1.807, 2.05) is 0 Å². The Bertz CT molecular complexity index is 1630. The number of pyridine rings is 1. The largest absolute Gasteiger partial charge is 0.451 e. The SMILES string of the molecule is Cn1c(Cn2ccc(C(F)(F)F)c(Oc3ccc(-c4cc(F)cc(C#N)c4)c(F)c3)c2=O)n[nH]c1=O. The molecule has 184 valence electrons. The minimum atomic E-state index is -4.97. The second-order valence-corrected chi connectivity index (χ2v) is 7.58. The van der Waals surface area contributed by atoms with Crippen molar-refractivity contribution in [2.45, 2.75) is 12.7 Å². The molecule has 13 heteroatoms. The number of benzene rings is 2. The zero-order valence-electron chi connectivity index (χ0n) is 18.2. The van der Waals surface area contributed by atoms with Crippen LogP contribution in [0, 0.1) is 23.0 Å². The molecule has 0 atom stereocenters. The lowest BCUT2D eigenvalue weighted by Gasteiger charge is -2.16. The highest BCUT2D eigenvalue weighted by Crippen LogP contribution is 2.37. The van der Waals surface area contributed by atoms with Crippen LogP contribution >= 0.6 is 0 Å². The molecule has 2 aromatic carbocycles. The predicted molar refractivity (Wildman–Crippen MR) is 115 cm³/mol. The number of nitrogens with zero attached hydrogens (tertiary/aromatic N) is 4. The number of ether oxygens (including phenoxy) is 1. The quantitative estimate of drug-likeness (QED) is 0.416. The molecule has 8 nitrogen and oxygen atoms in total. The topological polar surface area (TPSA) is 106 Å². The van der Waals surface area contributed by atoms with E-state index in [-0.39, 0.29) is 29.1 Å². The maximum Gasteiger partial charge on any atom is 0.420 e.